The SMILES string of the molecule is CC(C)c1ccc(SC2CCCCC2=O)cc1. The minimum atomic E-state index is 0.202. The lowest BCUT2D eigenvalue weighted by atomic mass is 9.99. The zero-order chi connectivity index (χ0) is 12.3. The van der Waals surface area contributed by atoms with Crippen molar-refractivity contribution in [1.29, 1.82) is 0 Å². The van der Waals surface area contributed by atoms with Gasteiger partial charge in [0.05, 0.1) is 5.25 Å². The smallest absolute Gasteiger partial charge is 0.146 e. The minimum absolute atomic E-state index is 0.202. The van der Waals surface area contributed by atoms with Crippen LogP contribution in [0.2, 0.25) is 0 Å². The van der Waals surface area contributed by atoms with Crippen LogP contribution in [-0.2, 0) is 4.79 Å². The molecule has 0 aromatic heterocycles. The third kappa shape index (κ3) is 3.35. The van der Waals surface area contributed by atoms with Crippen LogP contribution >= 0.6 is 11.8 Å². The van der Waals surface area contributed by atoms with E-state index in [1.54, 1.807) is 11.8 Å². The van der Waals surface area contributed by atoms with Crippen molar-refractivity contribution >= 4 is 17.5 Å². The molecule has 1 fully saturated rings. The maximum Gasteiger partial charge on any atom is 0.146 e. The Bertz CT molecular complexity index is 380. The molecule has 17 heavy (non-hydrogen) atoms. The molecule has 0 spiro atoms. The second-order valence-electron chi connectivity index (χ2n) is 5.04. The fraction of sp³-hybridized carbons (Fsp3) is 0.533. The highest BCUT2D eigenvalue weighted by Gasteiger charge is 2.22. The van der Waals surface area contributed by atoms with Crippen molar-refractivity contribution in [3.8, 4) is 0 Å². The summed E-state index contributed by atoms with van der Waals surface area (Å²) in [5.41, 5.74) is 1.37. The van der Waals surface area contributed by atoms with Crippen molar-refractivity contribution in [3.63, 3.8) is 0 Å². The molecular formula is C15H20OS. The highest BCUT2D eigenvalue weighted by Crippen LogP contribution is 2.32. The predicted molar refractivity (Wildman–Crippen MR) is 73.7 cm³/mol. The summed E-state index contributed by atoms with van der Waals surface area (Å²) in [4.78, 5) is 13.0. The minimum Gasteiger partial charge on any atom is -0.298 e. The Morgan fingerprint density at radius 2 is 1.88 bits per heavy atom. The van der Waals surface area contributed by atoms with Gasteiger partial charge in [-0.05, 0) is 36.5 Å². The van der Waals surface area contributed by atoms with Gasteiger partial charge in [-0.3, -0.25) is 4.79 Å². The van der Waals surface area contributed by atoms with E-state index in [1.165, 1.54) is 16.9 Å². The van der Waals surface area contributed by atoms with E-state index >= 15 is 0 Å². The van der Waals surface area contributed by atoms with Gasteiger partial charge in [0.15, 0.2) is 0 Å². The number of hydrogen-bond acceptors (Lipinski definition) is 2. The fourth-order valence-electron chi connectivity index (χ4n) is 2.17. The third-order valence-corrected chi connectivity index (χ3v) is 4.65. The number of thioether (sulfide) groups is 1. The second-order valence-corrected chi connectivity index (χ2v) is 6.32. The van der Waals surface area contributed by atoms with Gasteiger partial charge in [-0.1, -0.05) is 32.4 Å². The van der Waals surface area contributed by atoms with Gasteiger partial charge in [-0.15, -0.1) is 11.8 Å². The number of carbonyl (C=O) groups excluding carboxylic acids is 1. The first-order valence-electron chi connectivity index (χ1n) is 6.46. The second kappa shape index (κ2) is 5.72. The summed E-state index contributed by atoms with van der Waals surface area (Å²) in [5, 5.41) is 0.202. The lowest BCUT2D eigenvalue weighted by Gasteiger charge is -2.20. The summed E-state index contributed by atoms with van der Waals surface area (Å²) in [6.45, 7) is 4.40. The van der Waals surface area contributed by atoms with E-state index in [1.807, 2.05) is 0 Å². The zero-order valence-electron chi connectivity index (χ0n) is 10.6. The van der Waals surface area contributed by atoms with Crippen LogP contribution in [0.4, 0.5) is 0 Å². The summed E-state index contributed by atoms with van der Waals surface area (Å²) >= 11 is 1.74. The summed E-state index contributed by atoms with van der Waals surface area (Å²) in [6, 6.07) is 8.67. The molecule has 0 heterocycles. The maximum atomic E-state index is 11.8. The molecule has 1 aliphatic carbocycles. The van der Waals surface area contributed by atoms with Crippen LogP contribution in [0, 0.1) is 0 Å². The van der Waals surface area contributed by atoms with Crippen molar-refractivity contribution in [3.05, 3.63) is 29.8 Å². The largest absolute Gasteiger partial charge is 0.298 e. The molecule has 1 saturated carbocycles. The van der Waals surface area contributed by atoms with Gasteiger partial charge in [0, 0.05) is 11.3 Å². The van der Waals surface area contributed by atoms with E-state index in [4.69, 9.17) is 0 Å². The average molecular weight is 248 g/mol. The van der Waals surface area contributed by atoms with Crippen LogP contribution in [0.1, 0.15) is 51.0 Å². The van der Waals surface area contributed by atoms with Crippen LogP contribution in [-0.4, -0.2) is 11.0 Å². The fourth-order valence-corrected chi connectivity index (χ4v) is 3.33. The lowest BCUT2D eigenvalue weighted by molar-refractivity contribution is -0.119. The number of benzene rings is 1. The first kappa shape index (κ1) is 12.7. The van der Waals surface area contributed by atoms with Gasteiger partial charge in [-0.25, -0.2) is 0 Å². The zero-order valence-corrected chi connectivity index (χ0v) is 11.4. The van der Waals surface area contributed by atoms with Crippen LogP contribution in [0.3, 0.4) is 0 Å². The molecule has 2 heteroatoms. The molecule has 1 nitrogen and oxygen atoms in total. The summed E-state index contributed by atoms with van der Waals surface area (Å²) in [7, 11) is 0. The van der Waals surface area contributed by atoms with E-state index < -0.39 is 0 Å². The molecule has 1 aromatic carbocycles. The van der Waals surface area contributed by atoms with E-state index in [2.05, 4.69) is 38.1 Å². The van der Waals surface area contributed by atoms with E-state index in [-0.39, 0.29) is 5.25 Å². The summed E-state index contributed by atoms with van der Waals surface area (Å²) < 4.78 is 0. The normalized spacial score (nSPS) is 20.9. The van der Waals surface area contributed by atoms with Crippen molar-refractivity contribution in [2.45, 2.75) is 55.6 Å². The number of carbonyl (C=O) groups is 1. The molecule has 0 amide bonds. The van der Waals surface area contributed by atoms with Crippen molar-refractivity contribution < 1.29 is 4.79 Å². The topological polar surface area (TPSA) is 17.1 Å². The van der Waals surface area contributed by atoms with E-state index in [9.17, 15) is 4.79 Å². The van der Waals surface area contributed by atoms with Crippen molar-refractivity contribution in [2.75, 3.05) is 0 Å². The first-order chi connectivity index (χ1) is 8.16. The molecule has 0 saturated heterocycles. The van der Waals surface area contributed by atoms with Gasteiger partial charge >= 0.3 is 0 Å². The molecular weight excluding hydrogens is 228 g/mol. The van der Waals surface area contributed by atoms with Crippen LogP contribution in [0.15, 0.2) is 29.2 Å². The highest BCUT2D eigenvalue weighted by molar-refractivity contribution is 8.00. The Morgan fingerprint density at radius 3 is 2.47 bits per heavy atom. The maximum absolute atomic E-state index is 11.8. The molecule has 0 aliphatic heterocycles. The van der Waals surface area contributed by atoms with Gasteiger partial charge in [0.1, 0.15) is 5.78 Å². The Morgan fingerprint density at radius 1 is 1.18 bits per heavy atom. The molecule has 1 aliphatic rings. The number of hydrogen-bond donors (Lipinski definition) is 0. The lowest BCUT2D eigenvalue weighted by Crippen LogP contribution is -2.21. The summed E-state index contributed by atoms with van der Waals surface area (Å²) in [6.07, 6.45) is 4.12. The highest BCUT2D eigenvalue weighted by atomic mass is 32.2. The monoisotopic (exact) mass is 248 g/mol. The molecule has 1 atom stereocenters. The number of Topliss-reactive ketones (excluding diaryl/α,β-unsaturated/α-hetero) is 1. The average Bonchev–Trinajstić information content (AvgIpc) is 2.33. The van der Waals surface area contributed by atoms with Crippen molar-refractivity contribution in [2.24, 2.45) is 0 Å². The predicted octanol–water partition coefficient (Wildman–Crippen LogP) is 4.41. The van der Waals surface area contributed by atoms with Gasteiger partial charge in [-0.2, -0.15) is 0 Å². The quantitative estimate of drug-likeness (QED) is 0.788. The van der Waals surface area contributed by atoms with E-state index in [0.29, 0.717) is 11.7 Å². The Hall–Kier alpha value is -0.760. The van der Waals surface area contributed by atoms with Gasteiger partial charge in [0.2, 0.25) is 0 Å². The Kier molecular flexibility index (Phi) is 4.27. The standard InChI is InChI=1S/C15H20OS/c1-11(2)12-7-9-13(10-8-12)17-15-6-4-3-5-14(15)16/h7-11,15H,3-6H2,1-2H3. The third-order valence-electron chi connectivity index (χ3n) is 3.32. The van der Waals surface area contributed by atoms with Crippen LogP contribution < -0.4 is 0 Å². The summed E-state index contributed by atoms with van der Waals surface area (Å²) in [5.74, 6) is 1.01. The Balaban J connectivity index is 2.00. The molecule has 0 radical (unpaired) electrons. The molecule has 2 rings (SSSR count). The van der Waals surface area contributed by atoms with E-state index in [0.717, 1.165) is 19.3 Å². The van der Waals surface area contributed by atoms with Gasteiger partial charge in [0.25, 0.3) is 0 Å². The molecule has 1 aromatic rings. The number of rotatable bonds is 3. The molecule has 1 unspecified atom stereocenters. The molecule has 92 valence electrons. The number of ketones is 1. The Labute approximate surface area is 108 Å². The first-order valence-corrected chi connectivity index (χ1v) is 7.34. The molecule has 0 N–H and O–H groups in total. The van der Waals surface area contributed by atoms with Gasteiger partial charge < -0.3 is 0 Å². The van der Waals surface area contributed by atoms with Crippen molar-refractivity contribution in [1.82, 2.24) is 0 Å². The van der Waals surface area contributed by atoms with Crippen LogP contribution in [0.25, 0.3) is 0 Å². The van der Waals surface area contributed by atoms with Crippen LogP contribution in [0.5, 0.6) is 0 Å². The molecule has 0 bridgehead atoms.